The molecule has 0 heterocycles. The third-order valence-corrected chi connectivity index (χ3v) is 4.61. The lowest BCUT2D eigenvalue weighted by Crippen LogP contribution is -2.34. The van der Waals surface area contributed by atoms with Crippen LogP contribution in [0.5, 0.6) is 0 Å². The van der Waals surface area contributed by atoms with Crippen molar-refractivity contribution in [3.05, 3.63) is 59.2 Å². The average Bonchev–Trinajstić information content (AvgIpc) is 2.61. The molecule has 0 bridgehead atoms. The minimum atomic E-state index is -0.264. The molecule has 5 N–H and O–H groups in total. The number of benzene rings is 2. The van der Waals surface area contributed by atoms with E-state index in [-0.39, 0.29) is 36.4 Å². The molecule has 1 unspecified atom stereocenters. The van der Waals surface area contributed by atoms with Crippen molar-refractivity contribution in [2.45, 2.75) is 45.2 Å². The van der Waals surface area contributed by atoms with E-state index in [9.17, 15) is 9.59 Å². The first-order valence-corrected chi connectivity index (χ1v) is 9.29. The number of anilines is 2. The van der Waals surface area contributed by atoms with Crippen molar-refractivity contribution < 1.29 is 9.59 Å². The summed E-state index contributed by atoms with van der Waals surface area (Å²) < 4.78 is 0. The Balaban J connectivity index is 0.00000280. The summed E-state index contributed by atoms with van der Waals surface area (Å²) in [6.07, 6.45) is 2.93. The maximum Gasteiger partial charge on any atom is 0.319 e. The fourth-order valence-corrected chi connectivity index (χ4v) is 3.36. The molecule has 0 spiro atoms. The van der Waals surface area contributed by atoms with Gasteiger partial charge in [-0.15, -0.1) is 12.4 Å². The zero-order chi connectivity index (χ0) is 19.4. The van der Waals surface area contributed by atoms with Gasteiger partial charge in [0.1, 0.15) is 0 Å². The van der Waals surface area contributed by atoms with Crippen molar-refractivity contribution in [1.82, 2.24) is 10.6 Å². The summed E-state index contributed by atoms with van der Waals surface area (Å²) >= 11 is 0. The molecule has 28 heavy (non-hydrogen) atoms. The van der Waals surface area contributed by atoms with Crippen molar-refractivity contribution in [3.8, 4) is 0 Å². The molecule has 0 fully saturated rings. The molecule has 7 heteroatoms. The number of hydrogen-bond acceptors (Lipinski definition) is 3. The number of carbonyl (C=O) groups is 2. The molecule has 150 valence electrons. The van der Waals surface area contributed by atoms with Gasteiger partial charge in [-0.2, -0.15) is 0 Å². The lowest BCUT2D eigenvalue weighted by molar-refractivity contribution is 0.0933. The van der Waals surface area contributed by atoms with E-state index >= 15 is 0 Å². The third-order valence-electron chi connectivity index (χ3n) is 4.61. The number of carbonyl (C=O) groups excluding carboxylic acids is 2. The number of halogens is 1. The number of amides is 3. The first-order chi connectivity index (χ1) is 12.9. The summed E-state index contributed by atoms with van der Waals surface area (Å²) in [5, 5.41) is 8.62. The van der Waals surface area contributed by atoms with E-state index in [1.807, 2.05) is 32.0 Å². The summed E-state index contributed by atoms with van der Waals surface area (Å²) in [6, 6.07) is 12.6. The lowest BCUT2D eigenvalue weighted by Gasteiger charge is -2.26. The van der Waals surface area contributed by atoms with Crippen molar-refractivity contribution in [2.24, 2.45) is 0 Å². The van der Waals surface area contributed by atoms with E-state index in [0.717, 1.165) is 30.5 Å². The van der Waals surface area contributed by atoms with Crippen LogP contribution in [-0.4, -0.2) is 18.0 Å². The highest BCUT2D eigenvalue weighted by Crippen LogP contribution is 2.31. The lowest BCUT2D eigenvalue weighted by atomic mass is 9.87. The predicted molar refractivity (Wildman–Crippen MR) is 115 cm³/mol. The third kappa shape index (κ3) is 5.39. The van der Waals surface area contributed by atoms with Crippen molar-refractivity contribution in [1.29, 1.82) is 0 Å². The SMILES string of the molecule is CC(C)NC(=O)Nc1ccc(C(=O)NC2CCCc3cc(N)ccc32)cc1.Cl. The Bertz CT molecular complexity index is 837. The van der Waals surface area contributed by atoms with Gasteiger partial charge in [-0.25, -0.2) is 4.79 Å². The highest BCUT2D eigenvalue weighted by atomic mass is 35.5. The summed E-state index contributed by atoms with van der Waals surface area (Å²) in [5.41, 5.74) is 10.2. The summed E-state index contributed by atoms with van der Waals surface area (Å²) in [5.74, 6) is -0.122. The monoisotopic (exact) mass is 402 g/mol. The van der Waals surface area contributed by atoms with Gasteiger partial charge in [0.25, 0.3) is 5.91 Å². The molecule has 6 nitrogen and oxygen atoms in total. The summed E-state index contributed by atoms with van der Waals surface area (Å²) in [4.78, 5) is 24.4. The van der Waals surface area contributed by atoms with Crippen LogP contribution in [0, 0.1) is 0 Å². The Morgan fingerprint density at radius 3 is 2.50 bits per heavy atom. The Morgan fingerprint density at radius 2 is 1.82 bits per heavy atom. The summed E-state index contributed by atoms with van der Waals surface area (Å²) in [6.45, 7) is 3.79. The molecular formula is C21H27ClN4O2. The number of fused-ring (bicyclic) bond motifs is 1. The van der Waals surface area contributed by atoms with Crippen LogP contribution in [0.3, 0.4) is 0 Å². The van der Waals surface area contributed by atoms with Crippen LogP contribution >= 0.6 is 12.4 Å². The molecular weight excluding hydrogens is 376 g/mol. The Labute approximate surface area is 171 Å². The molecule has 0 aliphatic heterocycles. The van der Waals surface area contributed by atoms with Crippen molar-refractivity contribution in [2.75, 3.05) is 11.1 Å². The number of nitrogens with two attached hydrogens (primary N) is 1. The molecule has 3 rings (SSSR count). The Kier molecular flexibility index (Phi) is 7.29. The fraction of sp³-hybridized carbons (Fsp3) is 0.333. The van der Waals surface area contributed by atoms with Gasteiger partial charge in [0.05, 0.1) is 6.04 Å². The van der Waals surface area contributed by atoms with E-state index in [1.54, 1.807) is 24.3 Å². The molecule has 2 aromatic rings. The largest absolute Gasteiger partial charge is 0.399 e. The number of aryl methyl sites for hydroxylation is 1. The van der Waals surface area contributed by atoms with Gasteiger partial charge < -0.3 is 21.7 Å². The van der Waals surface area contributed by atoms with Crippen LogP contribution in [0.25, 0.3) is 0 Å². The van der Waals surface area contributed by atoms with Gasteiger partial charge in [-0.3, -0.25) is 4.79 Å². The second-order valence-corrected chi connectivity index (χ2v) is 7.21. The van der Waals surface area contributed by atoms with Gasteiger partial charge in [0.15, 0.2) is 0 Å². The van der Waals surface area contributed by atoms with E-state index in [2.05, 4.69) is 16.0 Å². The van der Waals surface area contributed by atoms with Gasteiger partial charge in [-0.05, 0) is 80.6 Å². The second kappa shape index (κ2) is 9.46. The van der Waals surface area contributed by atoms with Crippen molar-refractivity contribution >= 4 is 35.7 Å². The van der Waals surface area contributed by atoms with E-state index in [0.29, 0.717) is 11.3 Å². The van der Waals surface area contributed by atoms with Gasteiger partial charge >= 0.3 is 6.03 Å². The number of urea groups is 1. The van der Waals surface area contributed by atoms with Crippen LogP contribution in [0.4, 0.5) is 16.2 Å². The maximum absolute atomic E-state index is 12.6. The van der Waals surface area contributed by atoms with Gasteiger partial charge in [0.2, 0.25) is 0 Å². The number of nitrogens with one attached hydrogen (secondary N) is 3. The standard InChI is InChI=1S/C21H26N4O2.ClH/c1-13(2)23-21(27)24-17-9-6-14(7-10-17)20(26)25-19-5-3-4-15-12-16(22)8-11-18(15)19;/h6-13,19H,3-5,22H2,1-2H3,(H,25,26)(H2,23,24,27);1H. The smallest absolute Gasteiger partial charge is 0.319 e. The molecule has 1 aliphatic carbocycles. The molecule has 0 radical (unpaired) electrons. The molecule has 1 aliphatic rings. The van der Waals surface area contributed by atoms with E-state index < -0.39 is 0 Å². The fourth-order valence-electron chi connectivity index (χ4n) is 3.36. The topological polar surface area (TPSA) is 96.2 Å². The normalized spacial score (nSPS) is 15.2. The van der Waals surface area contributed by atoms with E-state index in [1.165, 1.54) is 5.56 Å². The highest BCUT2D eigenvalue weighted by Gasteiger charge is 2.22. The predicted octanol–water partition coefficient (Wildman–Crippen LogP) is 4.03. The molecule has 3 amide bonds. The van der Waals surface area contributed by atoms with Crippen LogP contribution in [0.1, 0.15) is 54.2 Å². The zero-order valence-corrected chi connectivity index (χ0v) is 16.9. The van der Waals surface area contributed by atoms with Crippen LogP contribution in [0.15, 0.2) is 42.5 Å². The van der Waals surface area contributed by atoms with Gasteiger partial charge in [0, 0.05) is 23.0 Å². The molecule has 2 aromatic carbocycles. The minimum absolute atomic E-state index is 0. The maximum atomic E-state index is 12.6. The first kappa shape index (κ1) is 21.6. The van der Waals surface area contributed by atoms with Gasteiger partial charge in [-0.1, -0.05) is 6.07 Å². The first-order valence-electron chi connectivity index (χ1n) is 9.29. The number of nitrogen functional groups attached to an aromatic ring is 1. The Hall–Kier alpha value is -2.73. The zero-order valence-electron chi connectivity index (χ0n) is 16.1. The van der Waals surface area contributed by atoms with Crippen molar-refractivity contribution in [3.63, 3.8) is 0 Å². The highest BCUT2D eigenvalue weighted by molar-refractivity contribution is 5.95. The van der Waals surface area contributed by atoms with Crippen LogP contribution in [-0.2, 0) is 6.42 Å². The van der Waals surface area contributed by atoms with Crippen LogP contribution < -0.4 is 21.7 Å². The molecule has 1 atom stereocenters. The summed E-state index contributed by atoms with van der Waals surface area (Å²) in [7, 11) is 0. The number of rotatable bonds is 4. The molecule has 0 saturated heterocycles. The van der Waals surface area contributed by atoms with E-state index in [4.69, 9.17) is 5.73 Å². The Morgan fingerprint density at radius 1 is 1.11 bits per heavy atom. The quantitative estimate of drug-likeness (QED) is 0.581. The number of hydrogen-bond donors (Lipinski definition) is 4. The minimum Gasteiger partial charge on any atom is -0.399 e. The molecule has 0 aromatic heterocycles. The molecule has 0 saturated carbocycles. The average molecular weight is 403 g/mol. The van der Waals surface area contributed by atoms with Crippen LogP contribution in [0.2, 0.25) is 0 Å². The second-order valence-electron chi connectivity index (χ2n) is 7.21.